The standard InChI is InChI=1S/C38H40N6O3/c1-47-33-17-28(38(46)43-22-27-13-14-31(43)34(27)39)15-29-35(33)44(21-24-18-41(19-24)37(45)25-7-3-2-4-8-25)36(40-29)32-16-26-9-5-6-10-30(26)42(32)20-23-11-12-23/h2-10,15-17,23-24,27,31,34H,11-14,18-22,39H2,1H3/t27?,31?,34-/m1/s1. The summed E-state index contributed by atoms with van der Waals surface area (Å²) in [6, 6.07) is 24.3. The fourth-order valence-corrected chi connectivity index (χ4v) is 8.35. The molecule has 0 radical (unpaired) electrons. The summed E-state index contributed by atoms with van der Waals surface area (Å²) in [5, 5.41) is 1.19. The lowest BCUT2D eigenvalue weighted by molar-refractivity contribution is 0.0471. The summed E-state index contributed by atoms with van der Waals surface area (Å²) in [4.78, 5) is 36.3. The molecule has 4 heterocycles. The number of nitrogens with two attached hydrogens (primary N) is 1. The monoisotopic (exact) mass is 628 g/mol. The molecule has 9 heteroatoms. The Kier molecular flexibility index (Phi) is 6.68. The van der Waals surface area contributed by atoms with Gasteiger partial charge in [-0.25, -0.2) is 4.98 Å². The first-order valence-corrected chi connectivity index (χ1v) is 17.0. The molecule has 2 saturated heterocycles. The Bertz CT molecular complexity index is 2020. The number of hydrogen-bond donors (Lipinski definition) is 1. The molecule has 240 valence electrons. The van der Waals surface area contributed by atoms with E-state index in [4.69, 9.17) is 15.5 Å². The molecule has 2 unspecified atom stereocenters. The number of likely N-dealkylation sites (tertiary alicyclic amines) is 2. The van der Waals surface area contributed by atoms with Gasteiger partial charge in [-0.1, -0.05) is 36.4 Å². The van der Waals surface area contributed by atoms with Crippen molar-refractivity contribution >= 4 is 33.8 Å². The summed E-state index contributed by atoms with van der Waals surface area (Å²) in [6.45, 7) is 3.70. The number of benzene rings is 3. The molecule has 2 aliphatic carbocycles. The second-order valence-electron chi connectivity index (χ2n) is 14.1. The van der Waals surface area contributed by atoms with Gasteiger partial charge in [-0.3, -0.25) is 9.59 Å². The summed E-state index contributed by atoms with van der Waals surface area (Å²) >= 11 is 0. The van der Waals surface area contributed by atoms with E-state index in [0.29, 0.717) is 49.3 Å². The van der Waals surface area contributed by atoms with Gasteiger partial charge in [0.15, 0.2) is 5.82 Å². The molecule has 2 amide bonds. The SMILES string of the molecule is COc1cc(C(=O)N2CC3CCC2[C@@H]3N)cc2nc(-c3cc4ccccc4n3CC3CC3)n(CC3CN(C(=O)c4ccccc4)C3)c12. The number of carbonyl (C=O) groups is 2. The molecule has 2 aromatic heterocycles. The van der Waals surface area contributed by atoms with E-state index >= 15 is 0 Å². The first kappa shape index (κ1) is 28.6. The number of amides is 2. The van der Waals surface area contributed by atoms with Crippen molar-refractivity contribution in [2.45, 2.75) is 50.9 Å². The van der Waals surface area contributed by atoms with Gasteiger partial charge in [0.25, 0.3) is 11.8 Å². The molecular weight excluding hydrogens is 588 g/mol. The van der Waals surface area contributed by atoms with Gasteiger partial charge in [0.2, 0.25) is 0 Å². The molecule has 9 nitrogen and oxygen atoms in total. The van der Waals surface area contributed by atoms with Crippen LogP contribution in [0.1, 0.15) is 46.4 Å². The Morgan fingerprint density at radius 3 is 2.32 bits per heavy atom. The fraction of sp³-hybridized carbons (Fsp3) is 0.395. The maximum Gasteiger partial charge on any atom is 0.254 e. The average molecular weight is 629 g/mol. The molecule has 2 saturated carbocycles. The fourth-order valence-electron chi connectivity index (χ4n) is 8.35. The maximum atomic E-state index is 13.9. The van der Waals surface area contributed by atoms with E-state index in [1.807, 2.05) is 52.3 Å². The Morgan fingerprint density at radius 2 is 1.60 bits per heavy atom. The van der Waals surface area contributed by atoms with E-state index in [-0.39, 0.29) is 29.8 Å². The highest BCUT2D eigenvalue weighted by Crippen LogP contribution is 2.41. The van der Waals surface area contributed by atoms with Crippen LogP contribution in [-0.4, -0.2) is 74.6 Å². The molecule has 2 N–H and O–H groups in total. The number of nitrogens with zero attached hydrogens (tertiary/aromatic N) is 5. The topological polar surface area (TPSA) is 98.6 Å². The van der Waals surface area contributed by atoms with E-state index in [0.717, 1.165) is 47.5 Å². The highest BCUT2D eigenvalue weighted by atomic mass is 16.5. The van der Waals surface area contributed by atoms with Crippen molar-refractivity contribution in [3.05, 3.63) is 83.9 Å². The molecule has 5 aromatic rings. The maximum absolute atomic E-state index is 13.9. The van der Waals surface area contributed by atoms with Crippen LogP contribution in [0.2, 0.25) is 0 Å². The van der Waals surface area contributed by atoms with Crippen LogP contribution >= 0.6 is 0 Å². The quantitative estimate of drug-likeness (QED) is 0.248. The molecular formula is C38H40N6O3. The van der Waals surface area contributed by atoms with Crippen LogP contribution in [0.25, 0.3) is 33.5 Å². The number of piperidine rings is 1. The van der Waals surface area contributed by atoms with Crippen LogP contribution in [0, 0.1) is 17.8 Å². The van der Waals surface area contributed by atoms with Gasteiger partial charge in [0, 0.05) is 72.8 Å². The molecule has 4 aliphatic rings. The number of hydrogen-bond acceptors (Lipinski definition) is 5. The van der Waals surface area contributed by atoms with E-state index in [9.17, 15) is 9.59 Å². The Labute approximate surface area is 273 Å². The molecule has 4 fully saturated rings. The van der Waals surface area contributed by atoms with Gasteiger partial charge < -0.3 is 29.4 Å². The van der Waals surface area contributed by atoms with E-state index in [1.54, 1.807) is 7.11 Å². The predicted octanol–water partition coefficient (Wildman–Crippen LogP) is 5.41. The zero-order valence-electron chi connectivity index (χ0n) is 26.7. The smallest absolute Gasteiger partial charge is 0.254 e. The third-order valence-corrected chi connectivity index (χ3v) is 11.1. The molecule has 3 aromatic carbocycles. The molecule has 0 spiro atoms. The number of para-hydroxylation sites is 1. The van der Waals surface area contributed by atoms with Gasteiger partial charge in [-0.15, -0.1) is 0 Å². The van der Waals surface area contributed by atoms with E-state index in [2.05, 4.69) is 39.5 Å². The third kappa shape index (κ3) is 4.74. The summed E-state index contributed by atoms with van der Waals surface area (Å²) in [6.07, 6.45) is 4.55. The van der Waals surface area contributed by atoms with Gasteiger partial charge >= 0.3 is 0 Å². The largest absolute Gasteiger partial charge is 0.494 e. The second-order valence-corrected chi connectivity index (χ2v) is 14.1. The minimum absolute atomic E-state index is 0.000793. The Balaban J connectivity index is 1.13. The highest BCUT2D eigenvalue weighted by molar-refractivity contribution is 6.01. The Morgan fingerprint density at radius 1 is 0.830 bits per heavy atom. The van der Waals surface area contributed by atoms with Crippen molar-refractivity contribution in [1.82, 2.24) is 23.9 Å². The van der Waals surface area contributed by atoms with E-state index in [1.165, 1.54) is 23.7 Å². The van der Waals surface area contributed by atoms with Crippen LogP contribution in [0.5, 0.6) is 5.75 Å². The summed E-state index contributed by atoms with van der Waals surface area (Å²) in [7, 11) is 1.67. The second kappa shape index (κ2) is 11.0. The normalized spacial score (nSPS) is 22.4. The van der Waals surface area contributed by atoms with Crippen molar-refractivity contribution < 1.29 is 14.3 Å². The summed E-state index contributed by atoms with van der Waals surface area (Å²) in [5.74, 6) is 2.89. The minimum atomic E-state index is 0.000793. The summed E-state index contributed by atoms with van der Waals surface area (Å²) in [5.41, 5.74) is 11.7. The minimum Gasteiger partial charge on any atom is -0.494 e. The van der Waals surface area contributed by atoms with Crippen LogP contribution in [0.4, 0.5) is 0 Å². The predicted molar refractivity (Wildman–Crippen MR) is 181 cm³/mol. The third-order valence-electron chi connectivity index (χ3n) is 11.1. The number of fused-ring (bicyclic) bond motifs is 4. The van der Waals surface area contributed by atoms with Gasteiger partial charge in [-0.05, 0) is 73.9 Å². The number of methoxy groups -OCH3 is 1. The molecule has 3 atom stereocenters. The average Bonchev–Trinajstić information content (AvgIpc) is 3.44. The number of imidazole rings is 1. The molecule has 2 aliphatic heterocycles. The summed E-state index contributed by atoms with van der Waals surface area (Å²) < 4.78 is 10.7. The Hall–Kier alpha value is -4.63. The lowest BCUT2D eigenvalue weighted by atomic mass is 9.98. The van der Waals surface area contributed by atoms with Gasteiger partial charge in [-0.2, -0.15) is 0 Å². The van der Waals surface area contributed by atoms with Crippen LogP contribution < -0.4 is 10.5 Å². The number of carbonyl (C=O) groups excluding carboxylic acids is 2. The highest BCUT2D eigenvalue weighted by Gasteiger charge is 2.47. The van der Waals surface area contributed by atoms with Crippen molar-refractivity contribution in [1.29, 1.82) is 0 Å². The lowest BCUT2D eigenvalue weighted by Crippen LogP contribution is -2.51. The van der Waals surface area contributed by atoms with Crippen LogP contribution in [-0.2, 0) is 13.1 Å². The molecule has 9 rings (SSSR count). The van der Waals surface area contributed by atoms with Gasteiger partial charge in [0.1, 0.15) is 11.3 Å². The van der Waals surface area contributed by atoms with E-state index < -0.39 is 0 Å². The zero-order chi connectivity index (χ0) is 31.8. The van der Waals surface area contributed by atoms with Crippen molar-refractivity contribution in [3.63, 3.8) is 0 Å². The number of ether oxygens (including phenoxy) is 1. The van der Waals surface area contributed by atoms with Crippen LogP contribution in [0.3, 0.4) is 0 Å². The van der Waals surface area contributed by atoms with Crippen molar-refractivity contribution in [2.75, 3.05) is 26.7 Å². The number of aromatic nitrogens is 3. The zero-order valence-corrected chi connectivity index (χ0v) is 26.7. The first-order chi connectivity index (χ1) is 23.0. The van der Waals surface area contributed by atoms with Gasteiger partial charge in [0.05, 0.1) is 18.3 Å². The lowest BCUT2D eigenvalue weighted by Gasteiger charge is -2.39. The molecule has 2 bridgehead atoms. The number of rotatable bonds is 8. The van der Waals surface area contributed by atoms with Crippen molar-refractivity contribution in [2.24, 2.45) is 23.5 Å². The van der Waals surface area contributed by atoms with Crippen molar-refractivity contribution in [3.8, 4) is 17.3 Å². The van der Waals surface area contributed by atoms with Crippen LogP contribution in [0.15, 0.2) is 72.8 Å². The first-order valence-electron chi connectivity index (χ1n) is 17.0. The molecule has 47 heavy (non-hydrogen) atoms.